The van der Waals surface area contributed by atoms with Crippen LogP contribution < -0.4 is 17.0 Å². The second-order valence-corrected chi connectivity index (χ2v) is 5.06. The van der Waals surface area contributed by atoms with Crippen molar-refractivity contribution in [2.45, 2.75) is 18.9 Å². The van der Waals surface area contributed by atoms with Gasteiger partial charge in [-0.1, -0.05) is 30.3 Å². The topological polar surface area (TPSA) is 77.0 Å². The number of nitrogen functional groups attached to an aromatic ring is 1. The number of nitrogens with one attached hydrogen (secondary N) is 1. The van der Waals surface area contributed by atoms with Crippen molar-refractivity contribution < 1.29 is 0 Å². The highest BCUT2D eigenvalue weighted by Crippen LogP contribution is 2.36. The summed E-state index contributed by atoms with van der Waals surface area (Å²) in [7, 11) is 0. The van der Waals surface area contributed by atoms with Crippen LogP contribution in [-0.2, 0) is 12.8 Å². The molecular formula is C15H18N4. The van der Waals surface area contributed by atoms with E-state index in [-0.39, 0.29) is 6.04 Å². The Balaban J connectivity index is 1.88. The standard InChI is InChI=1S/C15H18N4/c16-15-13(6-3-7-18-15)14(19-17)12-8-10-4-1-2-5-11(10)9-12/h1-7,12,14,19H,8-9,17H2,(H2,16,18). The molecule has 0 saturated heterocycles. The molecule has 0 radical (unpaired) electrons. The Hall–Kier alpha value is -1.91. The molecule has 4 heteroatoms. The second kappa shape index (κ2) is 4.99. The molecule has 1 aliphatic rings. The largest absolute Gasteiger partial charge is 0.383 e. The van der Waals surface area contributed by atoms with Crippen molar-refractivity contribution in [3.05, 3.63) is 59.3 Å². The molecule has 0 saturated carbocycles. The smallest absolute Gasteiger partial charge is 0.128 e. The fourth-order valence-corrected chi connectivity index (χ4v) is 3.00. The molecule has 2 aromatic rings. The fourth-order valence-electron chi connectivity index (χ4n) is 3.00. The van der Waals surface area contributed by atoms with E-state index in [0.717, 1.165) is 18.4 Å². The number of rotatable bonds is 3. The Kier molecular flexibility index (Phi) is 3.19. The maximum atomic E-state index is 5.96. The zero-order chi connectivity index (χ0) is 13.2. The molecule has 5 N–H and O–H groups in total. The van der Waals surface area contributed by atoms with E-state index in [1.165, 1.54) is 11.1 Å². The minimum absolute atomic E-state index is 0.0427. The van der Waals surface area contributed by atoms with Crippen LogP contribution in [0.25, 0.3) is 0 Å². The first-order valence-corrected chi connectivity index (χ1v) is 6.53. The van der Waals surface area contributed by atoms with Gasteiger partial charge in [0.2, 0.25) is 0 Å². The first-order valence-electron chi connectivity index (χ1n) is 6.53. The molecular weight excluding hydrogens is 236 g/mol. The Bertz CT molecular complexity index is 557. The highest BCUT2D eigenvalue weighted by Gasteiger charge is 2.30. The average molecular weight is 254 g/mol. The SMILES string of the molecule is NNC(c1cccnc1N)C1Cc2ccccc2C1. The van der Waals surface area contributed by atoms with Crippen LogP contribution in [0.15, 0.2) is 42.6 Å². The molecule has 1 unspecified atom stereocenters. The molecule has 3 rings (SSSR count). The van der Waals surface area contributed by atoms with Gasteiger partial charge >= 0.3 is 0 Å². The third-order valence-electron chi connectivity index (χ3n) is 3.94. The average Bonchev–Trinajstić information content (AvgIpc) is 2.85. The first-order chi connectivity index (χ1) is 9.29. The predicted molar refractivity (Wildman–Crippen MR) is 76.1 cm³/mol. The summed E-state index contributed by atoms with van der Waals surface area (Å²) in [6.07, 6.45) is 3.76. The first kappa shape index (κ1) is 12.1. The van der Waals surface area contributed by atoms with Crippen molar-refractivity contribution in [1.29, 1.82) is 0 Å². The number of hydrazine groups is 1. The predicted octanol–water partition coefficient (Wildman–Crippen LogP) is 1.58. The van der Waals surface area contributed by atoms with E-state index < -0.39 is 0 Å². The van der Waals surface area contributed by atoms with Crippen LogP contribution >= 0.6 is 0 Å². The van der Waals surface area contributed by atoms with Gasteiger partial charge in [-0.05, 0) is 36.0 Å². The van der Waals surface area contributed by atoms with Crippen LogP contribution in [0.3, 0.4) is 0 Å². The van der Waals surface area contributed by atoms with E-state index >= 15 is 0 Å². The monoisotopic (exact) mass is 254 g/mol. The zero-order valence-corrected chi connectivity index (χ0v) is 10.7. The fraction of sp³-hybridized carbons (Fsp3) is 0.267. The lowest BCUT2D eigenvalue weighted by Gasteiger charge is -2.23. The van der Waals surface area contributed by atoms with E-state index in [4.69, 9.17) is 11.6 Å². The molecule has 1 heterocycles. The number of fused-ring (bicyclic) bond motifs is 1. The number of hydrogen-bond donors (Lipinski definition) is 3. The summed E-state index contributed by atoms with van der Waals surface area (Å²) in [6, 6.07) is 12.5. The van der Waals surface area contributed by atoms with Crippen LogP contribution in [-0.4, -0.2) is 4.98 Å². The third-order valence-corrected chi connectivity index (χ3v) is 3.94. The Morgan fingerprint density at radius 3 is 2.37 bits per heavy atom. The van der Waals surface area contributed by atoms with Gasteiger partial charge in [0.05, 0.1) is 6.04 Å². The number of nitrogens with two attached hydrogens (primary N) is 2. The molecule has 19 heavy (non-hydrogen) atoms. The van der Waals surface area contributed by atoms with Gasteiger partial charge in [0, 0.05) is 11.8 Å². The van der Waals surface area contributed by atoms with Gasteiger partial charge in [0.15, 0.2) is 0 Å². The number of benzene rings is 1. The highest BCUT2D eigenvalue weighted by atomic mass is 15.2. The van der Waals surface area contributed by atoms with Crippen LogP contribution in [0.2, 0.25) is 0 Å². The van der Waals surface area contributed by atoms with Crippen LogP contribution in [0.4, 0.5) is 5.82 Å². The highest BCUT2D eigenvalue weighted by molar-refractivity contribution is 5.42. The quantitative estimate of drug-likeness (QED) is 0.574. The molecule has 0 aliphatic heterocycles. The van der Waals surface area contributed by atoms with E-state index in [0.29, 0.717) is 11.7 Å². The lowest BCUT2D eigenvalue weighted by atomic mass is 9.91. The van der Waals surface area contributed by atoms with Crippen molar-refractivity contribution in [3.8, 4) is 0 Å². The molecule has 4 nitrogen and oxygen atoms in total. The van der Waals surface area contributed by atoms with Crippen molar-refractivity contribution in [3.63, 3.8) is 0 Å². The van der Waals surface area contributed by atoms with Gasteiger partial charge in [-0.3, -0.25) is 11.3 Å². The molecule has 98 valence electrons. The number of nitrogens with zero attached hydrogens (tertiary/aromatic N) is 1. The number of hydrogen-bond acceptors (Lipinski definition) is 4. The van der Waals surface area contributed by atoms with Gasteiger partial charge in [-0.25, -0.2) is 4.98 Å². The lowest BCUT2D eigenvalue weighted by Crippen LogP contribution is -2.34. The summed E-state index contributed by atoms with van der Waals surface area (Å²) in [5, 5.41) is 0. The van der Waals surface area contributed by atoms with Gasteiger partial charge in [0.25, 0.3) is 0 Å². The van der Waals surface area contributed by atoms with Crippen molar-refractivity contribution in [2.24, 2.45) is 11.8 Å². The summed E-state index contributed by atoms with van der Waals surface area (Å²) in [5.74, 6) is 6.74. The van der Waals surface area contributed by atoms with Crippen molar-refractivity contribution >= 4 is 5.82 Å². The number of anilines is 1. The van der Waals surface area contributed by atoms with Crippen LogP contribution in [0, 0.1) is 5.92 Å². The maximum Gasteiger partial charge on any atom is 0.128 e. The summed E-state index contributed by atoms with van der Waals surface area (Å²) >= 11 is 0. The Morgan fingerprint density at radius 1 is 1.11 bits per heavy atom. The Morgan fingerprint density at radius 2 is 1.79 bits per heavy atom. The summed E-state index contributed by atoms with van der Waals surface area (Å²) < 4.78 is 0. The minimum atomic E-state index is 0.0427. The second-order valence-electron chi connectivity index (χ2n) is 5.06. The summed E-state index contributed by atoms with van der Waals surface area (Å²) in [5.41, 5.74) is 12.7. The molecule has 1 aromatic carbocycles. The minimum Gasteiger partial charge on any atom is -0.383 e. The molecule has 0 bridgehead atoms. The molecule has 0 spiro atoms. The number of pyridine rings is 1. The summed E-state index contributed by atoms with van der Waals surface area (Å²) in [4.78, 5) is 4.15. The van der Waals surface area contributed by atoms with Gasteiger partial charge < -0.3 is 5.73 Å². The lowest BCUT2D eigenvalue weighted by molar-refractivity contribution is 0.380. The summed E-state index contributed by atoms with van der Waals surface area (Å²) in [6.45, 7) is 0. The third kappa shape index (κ3) is 2.20. The van der Waals surface area contributed by atoms with Crippen LogP contribution in [0.1, 0.15) is 22.7 Å². The van der Waals surface area contributed by atoms with Gasteiger partial charge in [0.1, 0.15) is 5.82 Å². The molecule has 0 fully saturated rings. The Labute approximate surface area is 112 Å². The van der Waals surface area contributed by atoms with E-state index in [9.17, 15) is 0 Å². The molecule has 0 amide bonds. The van der Waals surface area contributed by atoms with E-state index in [2.05, 4.69) is 34.7 Å². The van der Waals surface area contributed by atoms with Gasteiger partial charge in [-0.2, -0.15) is 0 Å². The van der Waals surface area contributed by atoms with Crippen LogP contribution in [0.5, 0.6) is 0 Å². The maximum absolute atomic E-state index is 5.96. The number of aromatic nitrogens is 1. The normalized spacial score (nSPS) is 16.3. The van der Waals surface area contributed by atoms with E-state index in [1.54, 1.807) is 6.20 Å². The van der Waals surface area contributed by atoms with E-state index in [1.807, 2.05) is 12.1 Å². The molecule has 1 atom stereocenters. The molecule has 1 aliphatic carbocycles. The van der Waals surface area contributed by atoms with Crippen molar-refractivity contribution in [2.75, 3.05) is 5.73 Å². The zero-order valence-electron chi connectivity index (χ0n) is 10.7. The molecule has 1 aromatic heterocycles. The van der Waals surface area contributed by atoms with Gasteiger partial charge in [-0.15, -0.1) is 0 Å². The van der Waals surface area contributed by atoms with Crippen molar-refractivity contribution in [1.82, 2.24) is 10.4 Å².